The Morgan fingerprint density at radius 1 is 1.32 bits per heavy atom. The normalized spacial score (nSPS) is 10.3. The van der Waals surface area contributed by atoms with E-state index >= 15 is 0 Å². The van der Waals surface area contributed by atoms with E-state index in [0.717, 1.165) is 18.4 Å². The molecule has 0 aliphatic carbocycles. The van der Waals surface area contributed by atoms with Crippen LogP contribution in [0.1, 0.15) is 30.9 Å². The van der Waals surface area contributed by atoms with Crippen LogP contribution in [0.5, 0.6) is 0 Å². The number of rotatable bonds is 7. The first-order chi connectivity index (χ1) is 9.19. The van der Waals surface area contributed by atoms with Gasteiger partial charge < -0.3 is 15.3 Å². The van der Waals surface area contributed by atoms with E-state index in [-0.39, 0.29) is 12.6 Å². The molecule has 0 unspecified atom stereocenters. The summed E-state index contributed by atoms with van der Waals surface area (Å²) in [6, 6.07) is 7.89. The number of hydrogen-bond donors (Lipinski definition) is 2. The van der Waals surface area contributed by atoms with Crippen LogP contribution >= 0.6 is 0 Å². The zero-order valence-electron chi connectivity index (χ0n) is 11.9. The smallest absolute Gasteiger partial charge is 0.317 e. The predicted molar refractivity (Wildman–Crippen MR) is 77.0 cm³/mol. The van der Waals surface area contributed by atoms with E-state index in [0.29, 0.717) is 19.6 Å². The highest BCUT2D eigenvalue weighted by Crippen LogP contribution is 2.06. The molecular weight excluding hydrogens is 240 g/mol. The molecule has 1 rings (SSSR count). The van der Waals surface area contributed by atoms with Gasteiger partial charge in [-0.1, -0.05) is 37.6 Å². The molecule has 0 atom stereocenters. The van der Waals surface area contributed by atoms with Gasteiger partial charge in [-0.2, -0.15) is 0 Å². The second-order valence-corrected chi connectivity index (χ2v) is 4.65. The number of carbonyl (C=O) groups excluding carboxylic acids is 1. The van der Waals surface area contributed by atoms with Gasteiger partial charge in [0.25, 0.3) is 0 Å². The van der Waals surface area contributed by atoms with Gasteiger partial charge in [0.15, 0.2) is 0 Å². The first-order valence-electron chi connectivity index (χ1n) is 6.87. The Hall–Kier alpha value is -1.55. The Labute approximate surface area is 115 Å². The van der Waals surface area contributed by atoms with Gasteiger partial charge in [-0.25, -0.2) is 4.79 Å². The van der Waals surface area contributed by atoms with E-state index in [1.54, 1.807) is 4.90 Å². The van der Waals surface area contributed by atoms with Crippen molar-refractivity contribution in [3.63, 3.8) is 0 Å². The lowest BCUT2D eigenvalue weighted by Crippen LogP contribution is -2.41. The second kappa shape index (κ2) is 8.53. The molecule has 1 aromatic rings. The molecule has 2 amide bonds. The van der Waals surface area contributed by atoms with Gasteiger partial charge in [-0.05, 0) is 24.5 Å². The average Bonchev–Trinajstić information content (AvgIpc) is 2.42. The highest BCUT2D eigenvalue weighted by atomic mass is 16.3. The standard InChI is InChI=1S/C15H24N2O2/c1-3-4-9-17(10-11-18)15(19)16-12-14-8-6-5-7-13(14)2/h5-8,18H,3-4,9-12H2,1-2H3,(H,16,19). The van der Waals surface area contributed by atoms with Gasteiger partial charge in [-0.3, -0.25) is 0 Å². The highest BCUT2D eigenvalue weighted by molar-refractivity contribution is 5.74. The van der Waals surface area contributed by atoms with Crippen LogP contribution in [-0.2, 0) is 6.54 Å². The molecule has 19 heavy (non-hydrogen) atoms. The Morgan fingerprint density at radius 2 is 2.05 bits per heavy atom. The van der Waals surface area contributed by atoms with Crippen LogP contribution in [0.25, 0.3) is 0 Å². The lowest BCUT2D eigenvalue weighted by molar-refractivity contribution is 0.176. The van der Waals surface area contributed by atoms with Crippen LogP contribution in [0.4, 0.5) is 4.79 Å². The summed E-state index contributed by atoms with van der Waals surface area (Å²) in [4.78, 5) is 13.7. The van der Waals surface area contributed by atoms with Crippen molar-refractivity contribution < 1.29 is 9.90 Å². The summed E-state index contributed by atoms with van der Waals surface area (Å²) in [5.74, 6) is 0. The molecule has 2 N–H and O–H groups in total. The number of urea groups is 1. The van der Waals surface area contributed by atoms with E-state index in [4.69, 9.17) is 5.11 Å². The van der Waals surface area contributed by atoms with Crippen molar-refractivity contribution in [1.82, 2.24) is 10.2 Å². The van der Waals surface area contributed by atoms with Gasteiger partial charge in [0.2, 0.25) is 0 Å². The van der Waals surface area contributed by atoms with Gasteiger partial charge in [-0.15, -0.1) is 0 Å². The van der Waals surface area contributed by atoms with Crippen molar-refractivity contribution >= 4 is 6.03 Å². The summed E-state index contributed by atoms with van der Waals surface area (Å²) in [6.07, 6.45) is 1.99. The number of nitrogens with one attached hydrogen (secondary N) is 1. The molecule has 0 fully saturated rings. The maximum Gasteiger partial charge on any atom is 0.317 e. The SMILES string of the molecule is CCCCN(CCO)C(=O)NCc1ccccc1C. The maximum atomic E-state index is 12.0. The van der Waals surface area contributed by atoms with Gasteiger partial charge in [0.05, 0.1) is 6.61 Å². The van der Waals surface area contributed by atoms with E-state index < -0.39 is 0 Å². The molecule has 0 aromatic heterocycles. The van der Waals surface area contributed by atoms with Crippen molar-refractivity contribution in [3.05, 3.63) is 35.4 Å². The molecule has 4 nitrogen and oxygen atoms in total. The van der Waals surface area contributed by atoms with Gasteiger partial charge >= 0.3 is 6.03 Å². The molecule has 0 heterocycles. The molecule has 0 bridgehead atoms. The van der Waals surface area contributed by atoms with E-state index in [1.807, 2.05) is 31.2 Å². The van der Waals surface area contributed by atoms with Gasteiger partial charge in [0, 0.05) is 19.6 Å². The maximum absolute atomic E-state index is 12.0. The summed E-state index contributed by atoms with van der Waals surface area (Å²) in [7, 11) is 0. The highest BCUT2D eigenvalue weighted by Gasteiger charge is 2.11. The molecule has 0 aliphatic rings. The fourth-order valence-corrected chi connectivity index (χ4v) is 1.88. The number of nitrogens with zero attached hydrogens (tertiary/aromatic N) is 1. The minimum absolute atomic E-state index is 0.00149. The monoisotopic (exact) mass is 264 g/mol. The minimum atomic E-state index is -0.106. The van der Waals surface area contributed by atoms with E-state index in [9.17, 15) is 4.79 Å². The predicted octanol–water partition coefficient (Wildman–Crippen LogP) is 2.30. The first-order valence-corrected chi connectivity index (χ1v) is 6.87. The van der Waals surface area contributed by atoms with Crippen LogP contribution in [0, 0.1) is 6.92 Å². The molecule has 0 spiro atoms. The average molecular weight is 264 g/mol. The lowest BCUT2D eigenvalue weighted by Gasteiger charge is -2.22. The zero-order chi connectivity index (χ0) is 14.1. The summed E-state index contributed by atoms with van der Waals surface area (Å²) >= 11 is 0. The number of hydrogen-bond acceptors (Lipinski definition) is 2. The second-order valence-electron chi connectivity index (χ2n) is 4.65. The van der Waals surface area contributed by atoms with Crippen LogP contribution in [0.2, 0.25) is 0 Å². The summed E-state index contributed by atoms with van der Waals surface area (Å²) in [6.45, 7) is 5.73. The summed E-state index contributed by atoms with van der Waals surface area (Å²) in [5, 5.41) is 11.9. The molecule has 0 saturated heterocycles. The summed E-state index contributed by atoms with van der Waals surface area (Å²) in [5.41, 5.74) is 2.29. The number of aryl methyl sites for hydroxylation is 1. The minimum Gasteiger partial charge on any atom is -0.395 e. The first kappa shape index (κ1) is 15.5. The van der Waals surface area contributed by atoms with Crippen molar-refractivity contribution in [1.29, 1.82) is 0 Å². The number of benzene rings is 1. The lowest BCUT2D eigenvalue weighted by atomic mass is 10.1. The van der Waals surface area contributed by atoms with Crippen molar-refractivity contribution in [2.75, 3.05) is 19.7 Å². The summed E-state index contributed by atoms with van der Waals surface area (Å²) < 4.78 is 0. The third-order valence-electron chi connectivity index (χ3n) is 3.13. The third-order valence-corrected chi connectivity index (χ3v) is 3.13. The van der Waals surface area contributed by atoms with Crippen LogP contribution in [-0.4, -0.2) is 35.7 Å². The molecule has 4 heteroatoms. The number of aliphatic hydroxyl groups excluding tert-OH is 1. The fraction of sp³-hybridized carbons (Fsp3) is 0.533. The molecule has 1 aromatic carbocycles. The molecular formula is C15H24N2O2. The fourth-order valence-electron chi connectivity index (χ4n) is 1.88. The largest absolute Gasteiger partial charge is 0.395 e. The van der Waals surface area contributed by atoms with Crippen LogP contribution in [0.15, 0.2) is 24.3 Å². The van der Waals surface area contributed by atoms with E-state index in [2.05, 4.69) is 12.2 Å². The quantitative estimate of drug-likeness (QED) is 0.794. The Bertz CT molecular complexity index is 393. The Morgan fingerprint density at radius 3 is 2.68 bits per heavy atom. The molecule has 106 valence electrons. The molecule has 0 radical (unpaired) electrons. The zero-order valence-corrected chi connectivity index (χ0v) is 11.9. The topological polar surface area (TPSA) is 52.6 Å². The number of aliphatic hydroxyl groups is 1. The Kier molecular flexibility index (Phi) is 6.97. The van der Waals surface area contributed by atoms with Crippen molar-refractivity contribution in [3.8, 4) is 0 Å². The Balaban J connectivity index is 2.50. The van der Waals surface area contributed by atoms with Crippen molar-refractivity contribution in [2.24, 2.45) is 0 Å². The van der Waals surface area contributed by atoms with Gasteiger partial charge in [0.1, 0.15) is 0 Å². The number of unbranched alkanes of at least 4 members (excludes halogenated alkanes) is 1. The third kappa shape index (κ3) is 5.30. The molecule has 0 aliphatic heterocycles. The van der Waals surface area contributed by atoms with Crippen LogP contribution in [0.3, 0.4) is 0 Å². The van der Waals surface area contributed by atoms with E-state index in [1.165, 1.54) is 5.56 Å². The van der Waals surface area contributed by atoms with Crippen LogP contribution < -0.4 is 5.32 Å². The van der Waals surface area contributed by atoms with Crippen molar-refractivity contribution in [2.45, 2.75) is 33.2 Å². The number of carbonyl (C=O) groups is 1. The number of amides is 2. The molecule has 0 saturated carbocycles.